The van der Waals surface area contributed by atoms with Crippen molar-refractivity contribution < 1.29 is 9.59 Å². The summed E-state index contributed by atoms with van der Waals surface area (Å²) in [5, 5.41) is -0.437. The van der Waals surface area contributed by atoms with E-state index in [0.717, 1.165) is 0 Å². The van der Waals surface area contributed by atoms with Gasteiger partial charge in [-0.1, -0.05) is 12.1 Å². The van der Waals surface area contributed by atoms with Gasteiger partial charge in [-0.05, 0) is 30.8 Å². The molecule has 0 bridgehead atoms. The maximum Gasteiger partial charge on any atom is 0.297 e. The first kappa shape index (κ1) is 15.5. The number of carbonyl (C=O) groups is 2. The van der Waals surface area contributed by atoms with Crippen LogP contribution in [0.25, 0.3) is 0 Å². The lowest BCUT2D eigenvalue weighted by Crippen LogP contribution is -2.46. The van der Waals surface area contributed by atoms with Crippen molar-refractivity contribution in [3.63, 3.8) is 0 Å². The minimum Gasteiger partial charge on any atom is -0.303 e. The molecule has 2 rings (SSSR count). The summed E-state index contributed by atoms with van der Waals surface area (Å²) in [7, 11) is -3.16. The molecule has 6 heteroatoms. The Labute approximate surface area is 128 Å². The van der Waals surface area contributed by atoms with Gasteiger partial charge >= 0.3 is 0 Å². The number of pyridine rings is 2. The fraction of sp³-hybridized carbons (Fsp3) is 0.200. The largest absolute Gasteiger partial charge is 0.303 e. The van der Waals surface area contributed by atoms with Crippen LogP contribution in [0.1, 0.15) is 11.4 Å². The molecule has 108 valence electrons. The molecule has 2 heterocycles. The fourth-order valence-corrected chi connectivity index (χ4v) is 3.56. The Morgan fingerprint density at radius 1 is 0.952 bits per heavy atom. The van der Waals surface area contributed by atoms with Crippen LogP contribution in [0.15, 0.2) is 48.8 Å². The summed E-state index contributed by atoms with van der Waals surface area (Å²) in [5.74, 6) is 0. The Balaban J connectivity index is 2.06. The summed E-state index contributed by atoms with van der Waals surface area (Å²) in [6.07, 6.45) is 3.43. The van der Waals surface area contributed by atoms with E-state index < -0.39 is 7.38 Å². The molecular weight excluding hydrogens is 304 g/mol. The highest BCUT2D eigenvalue weighted by Crippen LogP contribution is 2.16. The summed E-state index contributed by atoms with van der Waals surface area (Å²) < 4.78 is 0. The second kappa shape index (κ2) is 6.73. The zero-order valence-corrected chi connectivity index (χ0v) is 13.4. The Hall–Kier alpha value is -1.85. The molecular formula is C15H15ClN2O2Si. The van der Waals surface area contributed by atoms with E-state index in [1.54, 1.807) is 55.3 Å². The fourth-order valence-electron chi connectivity index (χ4n) is 1.82. The van der Waals surface area contributed by atoms with Gasteiger partial charge in [0.1, 0.15) is 10.8 Å². The van der Waals surface area contributed by atoms with E-state index in [1.807, 2.05) is 0 Å². The molecule has 0 spiro atoms. The van der Waals surface area contributed by atoms with E-state index in [-0.39, 0.29) is 23.7 Å². The van der Waals surface area contributed by atoms with Gasteiger partial charge in [-0.3, -0.25) is 9.97 Å². The van der Waals surface area contributed by atoms with Gasteiger partial charge in [-0.25, -0.2) is 0 Å². The molecule has 0 aliphatic rings. The van der Waals surface area contributed by atoms with Crippen LogP contribution in [0.3, 0.4) is 0 Å². The smallest absolute Gasteiger partial charge is 0.297 e. The van der Waals surface area contributed by atoms with Crippen LogP contribution in [0, 0.1) is 0 Å². The molecule has 0 aromatic carbocycles. The van der Waals surface area contributed by atoms with Gasteiger partial charge in [0.15, 0.2) is 0 Å². The molecule has 0 amide bonds. The predicted molar refractivity (Wildman–Crippen MR) is 83.4 cm³/mol. The highest BCUT2D eigenvalue weighted by atomic mass is 35.6. The minimum atomic E-state index is -3.16. The first-order valence-corrected chi connectivity index (χ1v) is 10.1. The van der Waals surface area contributed by atoms with Crippen molar-refractivity contribution in [2.75, 3.05) is 0 Å². The number of hydrogen-bond donors (Lipinski definition) is 0. The van der Waals surface area contributed by atoms with Gasteiger partial charge in [0, 0.05) is 36.6 Å². The zero-order chi connectivity index (χ0) is 15.3. The van der Waals surface area contributed by atoms with Crippen molar-refractivity contribution in [2.24, 2.45) is 0 Å². The maximum absolute atomic E-state index is 12.3. The van der Waals surface area contributed by atoms with Gasteiger partial charge < -0.3 is 9.59 Å². The maximum atomic E-state index is 12.3. The van der Waals surface area contributed by atoms with Crippen LogP contribution in [0.2, 0.25) is 6.55 Å². The average Bonchev–Trinajstić information content (AvgIpc) is 2.49. The summed E-state index contributed by atoms with van der Waals surface area (Å²) in [6, 6.07) is 10.7. The van der Waals surface area contributed by atoms with E-state index in [1.165, 1.54) is 0 Å². The lowest BCUT2D eigenvalue weighted by atomic mass is 10.3. The van der Waals surface area contributed by atoms with E-state index in [0.29, 0.717) is 11.4 Å². The molecule has 0 fully saturated rings. The lowest BCUT2D eigenvalue weighted by molar-refractivity contribution is -0.115. The summed E-state index contributed by atoms with van der Waals surface area (Å²) in [5.41, 5.74) is 1.26. The third kappa shape index (κ3) is 4.06. The molecule has 0 aliphatic carbocycles. The van der Waals surface area contributed by atoms with Crippen LogP contribution >= 0.6 is 11.1 Å². The number of rotatable bonds is 6. The quantitative estimate of drug-likeness (QED) is 0.605. The topological polar surface area (TPSA) is 59.9 Å². The SMILES string of the molecule is C[Si](Cl)(C(=O)Cc1ccccn1)C(=O)Cc1ccccn1. The molecule has 0 unspecified atom stereocenters. The Morgan fingerprint density at radius 2 is 1.38 bits per heavy atom. The summed E-state index contributed by atoms with van der Waals surface area (Å²) >= 11 is 6.32. The van der Waals surface area contributed by atoms with E-state index in [2.05, 4.69) is 9.97 Å². The molecule has 2 aromatic rings. The first-order valence-electron chi connectivity index (χ1n) is 6.55. The second-order valence-corrected chi connectivity index (χ2v) is 10.2. The standard InChI is InChI=1S/C15H15ClN2O2Si/c1-21(16,14(19)10-12-6-2-4-8-17-12)15(20)11-13-7-3-5-9-18-13/h2-9H,10-11H2,1H3. The van der Waals surface area contributed by atoms with E-state index in [4.69, 9.17) is 11.1 Å². The average molecular weight is 319 g/mol. The number of carbonyl (C=O) groups excluding carboxylic acids is 2. The van der Waals surface area contributed by atoms with Crippen molar-refractivity contribution in [2.45, 2.75) is 19.4 Å². The molecule has 21 heavy (non-hydrogen) atoms. The monoisotopic (exact) mass is 318 g/mol. The number of aromatic nitrogens is 2. The van der Waals surface area contributed by atoms with Crippen LogP contribution in [0.4, 0.5) is 0 Å². The van der Waals surface area contributed by atoms with Crippen molar-refractivity contribution in [1.29, 1.82) is 0 Å². The van der Waals surface area contributed by atoms with Crippen molar-refractivity contribution in [1.82, 2.24) is 9.97 Å². The molecule has 0 atom stereocenters. The molecule has 0 aliphatic heterocycles. The number of halogens is 1. The van der Waals surface area contributed by atoms with Gasteiger partial charge in [0.05, 0.1) is 0 Å². The molecule has 0 N–H and O–H groups in total. The van der Waals surface area contributed by atoms with Crippen LogP contribution < -0.4 is 0 Å². The van der Waals surface area contributed by atoms with Gasteiger partial charge in [-0.15, -0.1) is 11.1 Å². The van der Waals surface area contributed by atoms with Crippen molar-refractivity contribution in [3.8, 4) is 0 Å². The van der Waals surface area contributed by atoms with Gasteiger partial charge in [0.2, 0.25) is 0 Å². The van der Waals surface area contributed by atoms with Crippen molar-refractivity contribution in [3.05, 3.63) is 60.2 Å². The summed E-state index contributed by atoms with van der Waals surface area (Å²) in [4.78, 5) is 32.8. The molecule has 0 radical (unpaired) electrons. The highest BCUT2D eigenvalue weighted by Gasteiger charge is 2.42. The predicted octanol–water partition coefficient (Wildman–Crippen LogP) is 2.29. The van der Waals surface area contributed by atoms with E-state index >= 15 is 0 Å². The Bertz CT molecular complexity index is 577. The minimum absolute atomic E-state index is 0.0982. The summed E-state index contributed by atoms with van der Waals surface area (Å²) in [6.45, 7) is 1.57. The zero-order valence-electron chi connectivity index (χ0n) is 11.6. The molecule has 4 nitrogen and oxygen atoms in total. The first-order chi connectivity index (χ1) is 10.00. The molecule has 2 aromatic heterocycles. The van der Waals surface area contributed by atoms with E-state index in [9.17, 15) is 9.59 Å². The van der Waals surface area contributed by atoms with Crippen LogP contribution in [-0.4, -0.2) is 28.2 Å². The third-order valence-corrected chi connectivity index (χ3v) is 6.90. The van der Waals surface area contributed by atoms with Gasteiger partial charge in [0.25, 0.3) is 7.38 Å². The van der Waals surface area contributed by atoms with Gasteiger partial charge in [-0.2, -0.15) is 0 Å². The Morgan fingerprint density at radius 3 is 1.71 bits per heavy atom. The Kier molecular flexibility index (Phi) is 4.98. The van der Waals surface area contributed by atoms with Crippen LogP contribution in [-0.2, 0) is 22.4 Å². The number of hydrogen-bond acceptors (Lipinski definition) is 4. The highest BCUT2D eigenvalue weighted by molar-refractivity contribution is 7.49. The second-order valence-electron chi connectivity index (χ2n) is 4.85. The number of nitrogens with zero attached hydrogens (tertiary/aromatic N) is 2. The molecule has 0 saturated heterocycles. The normalized spacial score (nSPS) is 11.1. The van der Waals surface area contributed by atoms with Crippen LogP contribution in [0.5, 0.6) is 0 Å². The lowest BCUT2D eigenvalue weighted by Gasteiger charge is -2.16. The molecule has 0 saturated carbocycles. The van der Waals surface area contributed by atoms with Crippen molar-refractivity contribution >= 4 is 29.3 Å². The third-order valence-electron chi connectivity index (χ3n) is 3.18.